The van der Waals surface area contributed by atoms with Crippen molar-refractivity contribution >= 4 is 12.0 Å². The predicted octanol–water partition coefficient (Wildman–Crippen LogP) is 0.172. The van der Waals surface area contributed by atoms with E-state index in [0.717, 1.165) is 0 Å². The molecule has 0 aliphatic rings. The molecule has 2 amide bonds. The molecule has 0 radical (unpaired) electrons. The SMILES string of the molecule is C#CCCCNC(=O)NC(C)C(=O)O. The highest BCUT2D eigenvalue weighted by Gasteiger charge is 2.12. The Morgan fingerprint density at radius 3 is 2.71 bits per heavy atom. The van der Waals surface area contributed by atoms with Crippen molar-refractivity contribution in [2.45, 2.75) is 25.8 Å². The summed E-state index contributed by atoms with van der Waals surface area (Å²) in [4.78, 5) is 21.3. The molecule has 5 nitrogen and oxygen atoms in total. The fourth-order valence-corrected chi connectivity index (χ4v) is 0.702. The van der Waals surface area contributed by atoms with Gasteiger partial charge in [-0.2, -0.15) is 0 Å². The first kappa shape index (κ1) is 12.3. The molecular weight excluding hydrogens is 184 g/mol. The van der Waals surface area contributed by atoms with Gasteiger partial charge < -0.3 is 15.7 Å². The van der Waals surface area contributed by atoms with Crippen LogP contribution in [0.25, 0.3) is 0 Å². The van der Waals surface area contributed by atoms with Crippen LogP contribution in [0.5, 0.6) is 0 Å². The van der Waals surface area contributed by atoms with Crippen LogP contribution in [0.2, 0.25) is 0 Å². The minimum Gasteiger partial charge on any atom is -0.480 e. The normalized spacial score (nSPS) is 11.1. The van der Waals surface area contributed by atoms with E-state index in [4.69, 9.17) is 11.5 Å². The van der Waals surface area contributed by atoms with E-state index in [-0.39, 0.29) is 0 Å². The van der Waals surface area contributed by atoms with Gasteiger partial charge in [-0.15, -0.1) is 12.3 Å². The topological polar surface area (TPSA) is 78.4 Å². The molecule has 0 spiro atoms. The van der Waals surface area contributed by atoms with E-state index < -0.39 is 18.0 Å². The number of urea groups is 1. The standard InChI is InChI=1S/C9H14N2O3/c1-3-4-5-6-10-9(14)11-7(2)8(12)13/h1,7H,4-6H2,2H3,(H,12,13)(H2,10,11,14). The van der Waals surface area contributed by atoms with E-state index in [2.05, 4.69) is 16.6 Å². The van der Waals surface area contributed by atoms with Crippen molar-refractivity contribution in [3.63, 3.8) is 0 Å². The zero-order chi connectivity index (χ0) is 11.0. The first-order valence-electron chi connectivity index (χ1n) is 4.28. The van der Waals surface area contributed by atoms with Crippen LogP contribution < -0.4 is 10.6 Å². The lowest BCUT2D eigenvalue weighted by molar-refractivity contribution is -0.138. The first-order chi connectivity index (χ1) is 6.57. The number of unbranched alkanes of at least 4 members (excludes halogenated alkanes) is 1. The van der Waals surface area contributed by atoms with Crippen molar-refractivity contribution in [1.82, 2.24) is 10.6 Å². The molecule has 0 aromatic rings. The highest BCUT2D eigenvalue weighted by atomic mass is 16.4. The van der Waals surface area contributed by atoms with Gasteiger partial charge in [0.15, 0.2) is 0 Å². The molecule has 1 unspecified atom stereocenters. The molecule has 0 saturated carbocycles. The zero-order valence-corrected chi connectivity index (χ0v) is 8.04. The smallest absolute Gasteiger partial charge is 0.325 e. The van der Waals surface area contributed by atoms with Gasteiger partial charge in [0.1, 0.15) is 6.04 Å². The Balaban J connectivity index is 3.56. The van der Waals surface area contributed by atoms with E-state index >= 15 is 0 Å². The third-order valence-electron chi connectivity index (χ3n) is 1.50. The maximum Gasteiger partial charge on any atom is 0.325 e. The number of hydrogen-bond donors (Lipinski definition) is 3. The summed E-state index contributed by atoms with van der Waals surface area (Å²) in [6.45, 7) is 1.84. The Kier molecular flexibility index (Phi) is 5.95. The van der Waals surface area contributed by atoms with Gasteiger partial charge in [0.25, 0.3) is 0 Å². The number of carbonyl (C=O) groups is 2. The largest absolute Gasteiger partial charge is 0.480 e. The molecule has 14 heavy (non-hydrogen) atoms. The van der Waals surface area contributed by atoms with Gasteiger partial charge in [-0.25, -0.2) is 4.79 Å². The molecule has 3 N–H and O–H groups in total. The Bertz CT molecular complexity index is 245. The number of carbonyl (C=O) groups excluding carboxylic acids is 1. The summed E-state index contributed by atoms with van der Waals surface area (Å²) in [7, 11) is 0. The minimum atomic E-state index is -1.07. The number of amides is 2. The van der Waals surface area contributed by atoms with Crippen molar-refractivity contribution in [2.75, 3.05) is 6.54 Å². The number of carboxylic acids is 1. The van der Waals surface area contributed by atoms with Crippen molar-refractivity contribution in [1.29, 1.82) is 0 Å². The third-order valence-corrected chi connectivity index (χ3v) is 1.50. The zero-order valence-electron chi connectivity index (χ0n) is 8.04. The van der Waals surface area contributed by atoms with Crippen molar-refractivity contribution in [2.24, 2.45) is 0 Å². The molecule has 0 aromatic heterocycles. The van der Waals surface area contributed by atoms with Crippen LogP contribution in [-0.2, 0) is 4.79 Å². The quantitative estimate of drug-likeness (QED) is 0.435. The molecule has 0 aliphatic carbocycles. The molecular formula is C9H14N2O3. The molecule has 0 fully saturated rings. The molecule has 0 aromatic carbocycles. The van der Waals surface area contributed by atoms with E-state index in [0.29, 0.717) is 19.4 Å². The lowest BCUT2D eigenvalue weighted by Crippen LogP contribution is -2.44. The summed E-state index contributed by atoms with van der Waals surface area (Å²) in [5, 5.41) is 13.2. The molecule has 78 valence electrons. The molecule has 0 bridgehead atoms. The van der Waals surface area contributed by atoms with Gasteiger partial charge in [0.05, 0.1) is 0 Å². The minimum absolute atomic E-state index is 0.447. The molecule has 5 heteroatoms. The number of terminal acetylenes is 1. The molecule has 1 atom stereocenters. The summed E-state index contributed by atoms with van der Waals surface area (Å²) in [6.07, 6.45) is 6.29. The van der Waals surface area contributed by atoms with Crippen LogP contribution in [0.1, 0.15) is 19.8 Å². The predicted molar refractivity (Wildman–Crippen MR) is 51.7 cm³/mol. The number of nitrogens with one attached hydrogen (secondary N) is 2. The van der Waals surface area contributed by atoms with Crippen molar-refractivity contribution in [3.05, 3.63) is 0 Å². The Hall–Kier alpha value is -1.70. The summed E-state index contributed by atoms with van der Waals surface area (Å²) in [5.41, 5.74) is 0. The van der Waals surface area contributed by atoms with Gasteiger partial charge in [0.2, 0.25) is 0 Å². The van der Waals surface area contributed by atoms with Gasteiger partial charge in [-0.05, 0) is 13.3 Å². The Morgan fingerprint density at radius 2 is 2.21 bits per heavy atom. The van der Waals surface area contributed by atoms with Crippen LogP contribution >= 0.6 is 0 Å². The van der Waals surface area contributed by atoms with Crippen LogP contribution in [0.3, 0.4) is 0 Å². The second-order valence-electron chi connectivity index (χ2n) is 2.77. The summed E-state index contributed by atoms with van der Waals surface area (Å²) in [6, 6.07) is -1.38. The third kappa shape index (κ3) is 5.89. The van der Waals surface area contributed by atoms with Crippen molar-refractivity contribution in [3.8, 4) is 12.3 Å². The molecule has 0 heterocycles. The number of aliphatic carboxylic acids is 1. The van der Waals surface area contributed by atoms with Crippen LogP contribution in [0.15, 0.2) is 0 Å². The Morgan fingerprint density at radius 1 is 1.57 bits per heavy atom. The fraction of sp³-hybridized carbons (Fsp3) is 0.556. The van der Waals surface area contributed by atoms with Gasteiger partial charge in [-0.3, -0.25) is 4.79 Å². The number of hydrogen-bond acceptors (Lipinski definition) is 2. The fourth-order valence-electron chi connectivity index (χ4n) is 0.702. The average molecular weight is 198 g/mol. The molecule has 0 saturated heterocycles. The summed E-state index contributed by atoms with van der Waals surface area (Å²) < 4.78 is 0. The molecule has 0 rings (SSSR count). The van der Waals surface area contributed by atoms with Crippen LogP contribution in [0.4, 0.5) is 4.79 Å². The van der Waals surface area contributed by atoms with Crippen LogP contribution in [0, 0.1) is 12.3 Å². The maximum absolute atomic E-state index is 11.0. The van der Waals surface area contributed by atoms with Gasteiger partial charge in [-0.1, -0.05) is 0 Å². The monoisotopic (exact) mass is 198 g/mol. The number of carboxylic acid groups (broad SMARTS) is 1. The van der Waals surface area contributed by atoms with E-state index in [1.54, 1.807) is 0 Å². The van der Waals surface area contributed by atoms with Gasteiger partial charge >= 0.3 is 12.0 Å². The lowest BCUT2D eigenvalue weighted by atomic mass is 10.3. The summed E-state index contributed by atoms with van der Waals surface area (Å²) in [5.74, 6) is 1.37. The number of rotatable bonds is 5. The second kappa shape index (κ2) is 6.78. The average Bonchev–Trinajstić information content (AvgIpc) is 2.12. The molecule has 0 aliphatic heterocycles. The lowest BCUT2D eigenvalue weighted by Gasteiger charge is -2.09. The van der Waals surface area contributed by atoms with Crippen molar-refractivity contribution < 1.29 is 14.7 Å². The Labute approximate surface area is 82.9 Å². The van der Waals surface area contributed by atoms with E-state index in [1.807, 2.05) is 0 Å². The second-order valence-corrected chi connectivity index (χ2v) is 2.77. The summed E-state index contributed by atoms with van der Waals surface area (Å²) >= 11 is 0. The van der Waals surface area contributed by atoms with Gasteiger partial charge in [0, 0.05) is 13.0 Å². The first-order valence-corrected chi connectivity index (χ1v) is 4.28. The highest BCUT2D eigenvalue weighted by molar-refractivity contribution is 5.82. The van der Waals surface area contributed by atoms with E-state index in [9.17, 15) is 9.59 Å². The highest BCUT2D eigenvalue weighted by Crippen LogP contribution is 1.84. The van der Waals surface area contributed by atoms with E-state index in [1.165, 1.54) is 6.92 Å². The van der Waals surface area contributed by atoms with Crippen LogP contribution in [-0.4, -0.2) is 29.7 Å². The maximum atomic E-state index is 11.0.